The van der Waals surface area contributed by atoms with Gasteiger partial charge in [0.25, 0.3) is 0 Å². The fourth-order valence-electron chi connectivity index (χ4n) is 3.68. The van der Waals surface area contributed by atoms with E-state index in [-0.39, 0.29) is 5.82 Å². The molecule has 1 saturated heterocycles. The van der Waals surface area contributed by atoms with E-state index in [0.29, 0.717) is 11.6 Å². The number of benzene rings is 1. The van der Waals surface area contributed by atoms with Crippen LogP contribution in [0.15, 0.2) is 24.3 Å². The van der Waals surface area contributed by atoms with Crippen molar-refractivity contribution in [3.05, 3.63) is 35.6 Å². The van der Waals surface area contributed by atoms with Crippen LogP contribution in [0.3, 0.4) is 0 Å². The van der Waals surface area contributed by atoms with Crippen LogP contribution in [0, 0.1) is 5.82 Å². The van der Waals surface area contributed by atoms with Crippen molar-refractivity contribution in [1.82, 2.24) is 10.2 Å². The van der Waals surface area contributed by atoms with Crippen LogP contribution >= 0.6 is 0 Å². The van der Waals surface area contributed by atoms with Crippen LogP contribution in [0.25, 0.3) is 0 Å². The van der Waals surface area contributed by atoms with E-state index >= 15 is 0 Å². The highest BCUT2D eigenvalue weighted by atomic mass is 19.1. The summed E-state index contributed by atoms with van der Waals surface area (Å²) in [6.45, 7) is 5.27. The quantitative estimate of drug-likeness (QED) is 0.881. The second kappa shape index (κ2) is 5.22. The third-order valence-electron chi connectivity index (χ3n) is 4.74. The van der Waals surface area contributed by atoms with E-state index in [1.54, 1.807) is 6.07 Å². The average Bonchev–Trinajstić information content (AvgIpc) is 2.84. The Morgan fingerprint density at radius 2 is 2.16 bits per heavy atom. The maximum absolute atomic E-state index is 13.3. The van der Waals surface area contributed by atoms with E-state index in [0.717, 1.165) is 25.2 Å². The number of halogens is 1. The van der Waals surface area contributed by atoms with E-state index in [2.05, 4.69) is 17.1 Å². The van der Waals surface area contributed by atoms with Crippen molar-refractivity contribution in [3.8, 4) is 0 Å². The smallest absolute Gasteiger partial charge is 0.123 e. The van der Waals surface area contributed by atoms with E-state index in [1.165, 1.54) is 31.7 Å². The maximum atomic E-state index is 13.3. The minimum Gasteiger partial charge on any atom is -0.311 e. The van der Waals surface area contributed by atoms with E-state index in [9.17, 15) is 4.39 Å². The van der Waals surface area contributed by atoms with Gasteiger partial charge in [-0.15, -0.1) is 0 Å². The lowest BCUT2D eigenvalue weighted by Crippen LogP contribution is -2.62. The van der Waals surface area contributed by atoms with Gasteiger partial charge >= 0.3 is 0 Å². The lowest BCUT2D eigenvalue weighted by Gasteiger charge is -2.48. The first-order chi connectivity index (χ1) is 9.18. The van der Waals surface area contributed by atoms with Crippen LogP contribution in [-0.2, 0) is 6.54 Å². The topological polar surface area (TPSA) is 15.3 Å². The Morgan fingerprint density at radius 1 is 1.37 bits per heavy atom. The molecule has 2 aliphatic rings. The van der Waals surface area contributed by atoms with Gasteiger partial charge in [0.2, 0.25) is 0 Å². The first-order valence-corrected chi connectivity index (χ1v) is 7.41. The third kappa shape index (κ3) is 2.67. The highest BCUT2D eigenvalue weighted by molar-refractivity contribution is 5.17. The van der Waals surface area contributed by atoms with Gasteiger partial charge < -0.3 is 5.32 Å². The van der Waals surface area contributed by atoms with Gasteiger partial charge in [0, 0.05) is 31.2 Å². The molecule has 2 fully saturated rings. The van der Waals surface area contributed by atoms with Crippen LogP contribution in [-0.4, -0.2) is 29.6 Å². The molecule has 104 valence electrons. The zero-order chi connectivity index (χ0) is 13.3. The molecule has 0 bridgehead atoms. The molecule has 2 nitrogen and oxygen atoms in total. The van der Waals surface area contributed by atoms with Crippen LogP contribution < -0.4 is 5.32 Å². The lowest BCUT2D eigenvalue weighted by molar-refractivity contribution is 0.0392. The number of nitrogens with zero attached hydrogens (tertiary/aromatic N) is 1. The molecule has 1 aromatic rings. The molecule has 1 atom stereocenters. The van der Waals surface area contributed by atoms with Gasteiger partial charge in [-0.25, -0.2) is 4.39 Å². The zero-order valence-electron chi connectivity index (χ0n) is 11.7. The van der Waals surface area contributed by atoms with Gasteiger partial charge in [0.15, 0.2) is 0 Å². The summed E-state index contributed by atoms with van der Waals surface area (Å²) in [5.74, 6) is -0.124. The molecule has 1 aromatic carbocycles. The molecule has 0 aromatic heterocycles. The summed E-state index contributed by atoms with van der Waals surface area (Å²) in [5.41, 5.74) is 1.42. The fourth-order valence-corrected chi connectivity index (χ4v) is 3.68. The van der Waals surface area contributed by atoms with Crippen molar-refractivity contribution in [2.45, 2.75) is 50.7 Å². The zero-order valence-corrected chi connectivity index (χ0v) is 11.7. The largest absolute Gasteiger partial charge is 0.311 e. The molecule has 1 spiro atoms. The highest BCUT2D eigenvalue weighted by Crippen LogP contribution is 2.37. The highest BCUT2D eigenvalue weighted by Gasteiger charge is 2.42. The number of nitrogens with one attached hydrogen (secondary N) is 1. The average molecular weight is 262 g/mol. The summed E-state index contributed by atoms with van der Waals surface area (Å²) in [7, 11) is 0. The normalized spacial score (nSPS) is 26.9. The van der Waals surface area contributed by atoms with E-state index in [4.69, 9.17) is 0 Å². The number of piperazine rings is 1. The number of hydrogen-bond donors (Lipinski definition) is 1. The summed E-state index contributed by atoms with van der Waals surface area (Å²) < 4.78 is 13.3. The van der Waals surface area contributed by atoms with Crippen molar-refractivity contribution in [1.29, 1.82) is 0 Å². The van der Waals surface area contributed by atoms with E-state index < -0.39 is 0 Å². The van der Waals surface area contributed by atoms with Crippen LogP contribution in [0.1, 0.15) is 38.2 Å². The first kappa shape index (κ1) is 13.1. The fraction of sp³-hybridized carbons (Fsp3) is 0.625. The van der Waals surface area contributed by atoms with Crippen molar-refractivity contribution in [2.75, 3.05) is 13.1 Å². The van der Waals surface area contributed by atoms with Gasteiger partial charge in [-0.05, 0) is 37.5 Å². The Kier molecular flexibility index (Phi) is 3.59. The molecule has 1 heterocycles. The maximum Gasteiger partial charge on any atom is 0.123 e. The SMILES string of the molecule is CC1CN(Cc2cccc(F)c2)C2(CCCC2)CN1. The molecule has 0 radical (unpaired) electrons. The van der Waals surface area contributed by atoms with Gasteiger partial charge in [-0.1, -0.05) is 25.0 Å². The standard InChI is InChI=1S/C16H23FN2/c1-13-10-19(11-14-5-4-6-15(17)9-14)16(12-18-13)7-2-3-8-16/h4-6,9,13,18H,2-3,7-8,10-12H2,1H3. The predicted octanol–water partition coefficient (Wildman–Crippen LogP) is 2.93. The number of rotatable bonds is 2. The van der Waals surface area contributed by atoms with Crippen molar-refractivity contribution in [3.63, 3.8) is 0 Å². The molecular formula is C16H23FN2. The minimum atomic E-state index is -0.124. The van der Waals surface area contributed by atoms with Crippen molar-refractivity contribution >= 4 is 0 Å². The van der Waals surface area contributed by atoms with Crippen LogP contribution in [0.2, 0.25) is 0 Å². The van der Waals surface area contributed by atoms with Crippen molar-refractivity contribution in [2.24, 2.45) is 0 Å². The summed E-state index contributed by atoms with van der Waals surface area (Å²) in [4.78, 5) is 2.59. The summed E-state index contributed by atoms with van der Waals surface area (Å²) in [6.07, 6.45) is 5.22. The molecule has 3 rings (SSSR count). The monoisotopic (exact) mass is 262 g/mol. The van der Waals surface area contributed by atoms with Gasteiger partial charge in [-0.2, -0.15) is 0 Å². The third-order valence-corrected chi connectivity index (χ3v) is 4.74. The Labute approximate surface area is 115 Å². The molecule has 1 aliphatic carbocycles. The molecular weight excluding hydrogens is 239 g/mol. The van der Waals surface area contributed by atoms with Gasteiger partial charge in [0.05, 0.1) is 0 Å². The Bertz CT molecular complexity index is 440. The molecule has 3 heteroatoms. The van der Waals surface area contributed by atoms with Crippen molar-refractivity contribution < 1.29 is 4.39 Å². The molecule has 19 heavy (non-hydrogen) atoms. The predicted molar refractivity (Wildman–Crippen MR) is 75.5 cm³/mol. The Hall–Kier alpha value is -0.930. The first-order valence-electron chi connectivity index (χ1n) is 7.41. The Balaban J connectivity index is 1.79. The molecule has 1 aliphatic heterocycles. The second-order valence-electron chi connectivity index (χ2n) is 6.22. The van der Waals surface area contributed by atoms with Crippen LogP contribution in [0.5, 0.6) is 0 Å². The molecule has 1 saturated carbocycles. The minimum absolute atomic E-state index is 0.124. The molecule has 1 unspecified atom stereocenters. The summed E-state index contributed by atoms with van der Waals surface area (Å²) >= 11 is 0. The van der Waals surface area contributed by atoms with E-state index in [1.807, 2.05) is 12.1 Å². The lowest BCUT2D eigenvalue weighted by atomic mass is 9.90. The van der Waals surface area contributed by atoms with Crippen LogP contribution in [0.4, 0.5) is 4.39 Å². The molecule has 1 N–H and O–H groups in total. The second-order valence-corrected chi connectivity index (χ2v) is 6.22. The van der Waals surface area contributed by atoms with Gasteiger partial charge in [0.1, 0.15) is 5.82 Å². The Morgan fingerprint density at radius 3 is 2.89 bits per heavy atom. The summed E-state index contributed by atoms with van der Waals surface area (Å²) in [6, 6.07) is 7.58. The number of hydrogen-bond acceptors (Lipinski definition) is 2. The van der Waals surface area contributed by atoms with Gasteiger partial charge in [-0.3, -0.25) is 4.90 Å². The summed E-state index contributed by atoms with van der Waals surface area (Å²) in [5, 5.41) is 3.63. The molecule has 0 amide bonds.